The lowest BCUT2D eigenvalue weighted by atomic mass is 10.0. The molecular formula is C64H88N4O4P2. The predicted molar refractivity (Wildman–Crippen MR) is 324 cm³/mol. The maximum absolute atomic E-state index is 6.55. The molecule has 2 unspecified atom stereocenters. The van der Waals surface area contributed by atoms with Gasteiger partial charge < -0.3 is 28.9 Å². The van der Waals surface area contributed by atoms with Crippen molar-refractivity contribution in [2.75, 3.05) is 26.4 Å². The molecule has 2 aliphatic heterocycles. The SMILES string of the molecule is CCCCCCCCOc1cc(OCCCCCCCC)cc(-c2c3nc(c(P)c4ccc([nH]4)c(-c4cc(OCCCCCCCC)cc(OCCCCCCCC)c4)c4nc(c(P)c5ccc2[nH]5)C=C4)C=C3)c1. The Labute approximate surface area is 449 Å². The van der Waals surface area contributed by atoms with Crippen LogP contribution in [0.15, 0.2) is 60.7 Å². The molecule has 0 fully saturated rings. The molecule has 8 nitrogen and oxygen atoms in total. The zero-order chi connectivity index (χ0) is 51.7. The number of nitrogens with one attached hydrogen (secondary N) is 2. The molecule has 10 heteroatoms. The Morgan fingerprint density at radius 2 is 0.608 bits per heavy atom. The predicted octanol–water partition coefficient (Wildman–Crippen LogP) is 17.9. The van der Waals surface area contributed by atoms with E-state index in [2.05, 4.69) is 141 Å². The van der Waals surface area contributed by atoms with E-state index in [4.69, 9.17) is 28.9 Å². The number of aromatic nitrogens is 4. The van der Waals surface area contributed by atoms with E-state index in [9.17, 15) is 0 Å². The molecule has 3 aromatic heterocycles. The quantitative estimate of drug-likeness (QED) is 0.0308. The summed E-state index contributed by atoms with van der Waals surface area (Å²) < 4.78 is 26.2. The summed E-state index contributed by atoms with van der Waals surface area (Å²) in [6.07, 6.45) is 37.6. The van der Waals surface area contributed by atoms with Crippen LogP contribution in [0.5, 0.6) is 23.0 Å². The second-order valence-corrected chi connectivity index (χ2v) is 21.6. The average Bonchev–Trinajstić information content (AvgIpc) is 4.27. The molecule has 5 aromatic rings. The monoisotopic (exact) mass is 1040 g/mol. The van der Waals surface area contributed by atoms with Crippen LogP contribution in [0.4, 0.5) is 0 Å². The van der Waals surface area contributed by atoms with Crippen molar-refractivity contribution in [3.8, 4) is 45.3 Å². The molecule has 74 heavy (non-hydrogen) atoms. The van der Waals surface area contributed by atoms with E-state index >= 15 is 0 Å². The Morgan fingerprint density at radius 3 is 0.919 bits per heavy atom. The van der Waals surface area contributed by atoms with Gasteiger partial charge in [0.15, 0.2) is 0 Å². The molecule has 8 bridgehead atoms. The van der Waals surface area contributed by atoms with E-state index in [1.54, 1.807) is 0 Å². The molecule has 7 rings (SSSR count). The third-order valence-corrected chi connectivity index (χ3v) is 15.5. The number of ether oxygens (including phenoxy) is 4. The summed E-state index contributed by atoms with van der Waals surface area (Å²) in [6.45, 7) is 11.7. The van der Waals surface area contributed by atoms with Crippen LogP contribution in [0, 0.1) is 0 Å². The summed E-state index contributed by atoms with van der Waals surface area (Å²) in [5.74, 6) is 3.26. The fraction of sp³-hybridized carbons (Fsp3) is 0.500. The number of benzene rings is 2. The van der Waals surface area contributed by atoms with E-state index in [0.29, 0.717) is 26.4 Å². The molecule has 0 spiro atoms. The lowest BCUT2D eigenvalue weighted by Crippen LogP contribution is -2.01. The van der Waals surface area contributed by atoms with Gasteiger partial charge in [-0.15, -0.1) is 18.5 Å². The number of H-pyrrole nitrogens is 2. The van der Waals surface area contributed by atoms with Gasteiger partial charge in [0.25, 0.3) is 0 Å². The van der Waals surface area contributed by atoms with Crippen LogP contribution < -0.4 is 29.6 Å². The maximum Gasteiger partial charge on any atom is 0.123 e. The minimum atomic E-state index is 0.669. The van der Waals surface area contributed by atoms with Crippen molar-refractivity contribution in [2.24, 2.45) is 0 Å². The third-order valence-electron chi connectivity index (χ3n) is 14.2. The maximum atomic E-state index is 6.55. The minimum absolute atomic E-state index is 0.669. The number of hydrogen-bond donors (Lipinski definition) is 2. The van der Waals surface area contributed by atoms with E-state index in [-0.39, 0.29) is 0 Å². The second kappa shape index (κ2) is 31.2. The first-order valence-corrected chi connectivity index (χ1v) is 30.0. The van der Waals surface area contributed by atoms with Crippen LogP contribution in [0.1, 0.15) is 205 Å². The lowest BCUT2D eigenvalue weighted by Gasteiger charge is -2.14. The fourth-order valence-electron chi connectivity index (χ4n) is 9.91. The first-order chi connectivity index (χ1) is 36.4. The van der Waals surface area contributed by atoms with E-state index in [1.165, 1.54) is 128 Å². The highest BCUT2D eigenvalue weighted by Crippen LogP contribution is 2.38. The summed E-state index contributed by atoms with van der Waals surface area (Å²) in [4.78, 5) is 18.4. The first-order valence-electron chi connectivity index (χ1n) is 28.9. The van der Waals surface area contributed by atoms with Gasteiger partial charge in [0, 0.05) is 55.9 Å². The number of unbranched alkanes of at least 4 members (excludes halogenated alkanes) is 20. The van der Waals surface area contributed by atoms with Crippen molar-refractivity contribution in [1.29, 1.82) is 0 Å². The van der Waals surface area contributed by atoms with Crippen molar-refractivity contribution in [1.82, 2.24) is 19.9 Å². The van der Waals surface area contributed by atoms with Crippen LogP contribution in [-0.4, -0.2) is 46.4 Å². The number of aromatic amines is 2. The Bertz CT molecular complexity index is 2500. The molecule has 2 N–H and O–H groups in total. The minimum Gasteiger partial charge on any atom is -0.493 e. The van der Waals surface area contributed by atoms with Gasteiger partial charge >= 0.3 is 0 Å². The summed E-state index contributed by atoms with van der Waals surface area (Å²) in [6, 6.07) is 21.4. The molecule has 0 aliphatic carbocycles. The molecule has 0 saturated heterocycles. The summed E-state index contributed by atoms with van der Waals surface area (Å²) in [5.41, 5.74) is 11.2. The van der Waals surface area contributed by atoms with Crippen LogP contribution in [-0.2, 0) is 0 Å². The summed E-state index contributed by atoms with van der Waals surface area (Å²) in [5, 5.41) is 1.94. The molecular weight excluding hydrogens is 951 g/mol. The highest BCUT2D eigenvalue weighted by atomic mass is 31.0. The lowest BCUT2D eigenvalue weighted by molar-refractivity contribution is 0.289. The van der Waals surface area contributed by atoms with Crippen molar-refractivity contribution in [2.45, 2.75) is 182 Å². The van der Waals surface area contributed by atoms with Gasteiger partial charge in [0.05, 0.1) is 49.2 Å². The molecule has 2 atom stereocenters. The van der Waals surface area contributed by atoms with E-state index < -0.39 is 0 Å². The Kier molecular flexibility index (Phi) is 24.0. The largest absolute Gasteiger partial charge is 0.493 e. The van der Waals surface area contributed by atoms with Gasteiger partial charge in [-0.25, -0.2) is 9.97 Å². The smallest absolute Gasteiger partial charge is 0.123 e. The molecule has 0 saturated carbocycles. The van der Waals surface area contributed by atoms with Crippen molar-refractivity contribution < 1.29 is 18.9 Å². The van der Waals surface area contributed by atoms with Crippen molar-refractivity contribution in [3.05, 3.63) is 83.4 Å². The van der Waals surface area contributed by atoms with Crippen molar-refractivity contribution >= 4 is 75.5 Å². The van der Waals surface area contributed by atoms with E-state index in [1.807, 2.05) is 0 Å². The van der Waals surface area contributed by atoms with Gasteiger partial charge in [-0.3, -0.25) is 0 Å². The van der Waals surface area contributed by atoms with Crippen LogP contribution in [0.2, 0.25) is 0 Å². The number of fused-ring (bicyclic) bond motifs is 8. The molecule has 398 valence electrons. The van der Waals surface area contributed by atoms with Gasteiger partial charge in [-0.05, 0) is 110 Å². The third kappa shape index (κ3) is 17.1. The zero-order valence-electron chi connectivity index (χ0n) is 45.6. The standard InChI is InChI=1S/C64H88N4O4P2/c1-5-9-13-17-21-25-37-69-49-41-47(42-50(45-49)70-38-26-22-18-14-10-6-2)61-53-29-33-57(65-53)63(73)59-35-31-55(67-59)62(56-32-36-60(68-56)64(74)58-34-30-54(61)66-58)48-43-51(71-39-27-23-19-15-11-7-3)46-52(44-48)72-40-28-24-20-16-12-8-4/h29-36,41-46,65,68H,5-28,37-40,73-74H2,1-4H3. The fourth-order valence-corrected chi connectivity index (χ4v) is 10.6. The summed E-state index contributed by atoms with van der Waals surface area (Å²) in [7, 11) is 5.97. The number of nitrogens with zero attached hydrogens (tertiary/aromatic N) is 2. The molecule has 2 aromatic carbocycles. The number of rotatable bonds is 34. The Hall–Kier alpha value is -4.90. The Balaban J connectivity index is 1.29. The van der Waals surface area contributed by atoms with Crippen LogP contribution >= 0.6 is 18.5 Å². The molecule has 0 radical (unpaired) electrons. The van der Waals surface area contributed by atoms with Crippen LogP contribution in [0.3, 0.4) is 0 Å². The second-order valence-electron chi connectivity index (χ2n) is 20.4. The van der Waals surface area contributed by atoms with Gasteiger partial charge in [0.1, 0.15) is 23.0 Å². The number of hydrogen-bond acceptors (Lipinski definition) is 6. The highest BCUT2D eigenvalue weighted by molar-refractivity contribution is 7.28. The van der Waals surface area contributed by atoms with Gasteiger partial charge in [-0.2, -0.15) is 0 Å². The highest BCUT2D eigenvalue weighted by Gasteiger charge is 2.19. The first kappa shape index (κ1) is 56.8. The average molecular weight is 1040 g/mol. The van der Waals surface area contributed by atoms with Gasteiger partial charge in [-0.1, -0.05) is 156 Å². The summed E-state index contributed by atoms with van der Waals surface area (Å²) >= 11 is 0. The zero-order valence-corrected chi connectivity index (χ0v) is 47.9. The van der Waals surface area contributed by atoms with E-state index in [0.717, 1.165) is 126 Å². The molecule has 2 aliphatic rings. The normalized spacial score (nSPS) is 12.0. The van der Waals surface area contributed by atoms with Crippen molar-refractivity contribution in [3.63, 3.8) is 0 Å². The molecule has 0 amide bonds. The topological polar surface area (TPSA) is 94.3 Å². The van der Waals surface area contributed by atoms with Crippen LogP contribution in [0.25, 0.3) is 68.6 Å². The molecule has 5 heterocycles. The van der Waals surface area contributed by atoms with Gasteiger partial charge in [0.2, 0.25) is 0 Å². The Morgan fingerprint density at radius 1 is 0.338 bits per heavy atom.